The minimum absolute atomic E-state index is 0. The number of carbonyl (C=O) groups is 1. The number of hydrogen-bond acceptors (Lipinski definition) is 6. The summed E-state index contributed by atoms with van der Waals surface area (Å²) in [6.45, 7) is 6.46. The number of rotatable bonds is 7. The number of amides is 1. The fourth-order valence-electron chi connectivity index (χ4n) is 3.20. The van der Waals surface area contributed by atoms with Gasteiger partial charge in [-0.2, -0.15) is 11.3 Å². The van der Waals surface area contributed by atoms with E-state index in [2.05, 4.69) is 54.2 Å². The highest BCUT2D eigenvalue weighted by molar-refractivity contribution is 14.0. The summed E-state index contributed by atoms with van der Waals surface area (Å²) in [4.78, 5) is 29.3. The molecule has 1 atom stereocenters. The van der Waals surface area contributed by atoms with Gasteiger partial charge in [0.05, 0.1) is 0 Å². The van der Waals surface area contributed by atoms with E-state index >= 15 is 0 Å². The van der Waals surface area contributed by atoms with Crippen molar-refractivity contribution in [3.63, 3.8) is 0 Å². The van der Waals surface area contributed by atoms with E-state index < -0.39 is 0 Å². The summed E-state index contributed by atoms with van der Waals surface area (Å²) in [6.07, 6.45) is 3.93. The first-order valence-electron chi connectivity index (χ1n) is 9.93. The Bertz CT molecular complexity index is 780. The van der Waals surface area contributed by atoms with Gasteiger partial charge in [0, 0.05) is 65.1 Å². The lowest BCUT2D eigenvalue weighted by atomic mass is 10.1. The number of hydrogen-bond donors (Lipinski definition) is 2. The van der Waals surface area contributed by atoms with E-state index in [1.165, 1.54) is 5.56 Å². The van der Waals surface area contributed by atoms with Crippen LogP contribution >= 0.6 is 35.3 Å². The Hall–Kier alpha value is -1.95. The minimum atomic E-state index is 0. The highest BCUT2D eigenvalue weighted by Crippen LogP contribution is 2.17. The number of piperazine rings is 1. The summed E-state index contributed by atoms with van der Waals surface area (Å²) in [5.41, 5.74) is 1.33. The molecule has 1 fully saturated rings. The molecule has 1 aliphatic rings. The lowest BCUT2D eigenvalue weighted by Crippen LogP contribution is -2.50. The number of carbonyl (C=O) groups excluding carboxylic acids is 1. The van der Waals surface area contributed by atoms with Gasteiger partial charge in [-0.05, 0) is 34.4 Å². The predicted molar refractivity (Wildman–Crippen MR) is 133 cm³/mol. The molecule has 1 amide bonds. The number of thiophene rings is 1. The van der Waals surface area contributed by atoms with E-state index in [4.69, 9.17) is 0 Å². The van der Waals surface area contributed by atoms with Gasteiger partial charge in [0.1, 0.15) is 0 Å². The third-order valence-corrected chi connectivity index (χ3v) is 5.71. The molecule has 2 aromatic rings. The Balaban J connectivity index is 0.00000320. The smallest absolute Gasteiger partial charge is 0.225 e. The molecule has 30 heavy (non-hydrogen) atoms. The van der Waals surface area contributed by atoms with Crippen LogP contribution in [-0.2, 0) is 4.79 Å². The number of halogens is 1. The van der Waals surface area contributed by atoms with Crippen LogP contribution in [0.4, 0.5) is 5.95 Å². The van der Waals surface area contributed by atoms with Crippen molar-refractivity contribution in [3.05, 3.63) is 40.8 Å². The van der Waals surface area contributed by atoms with Crippen molar-refractivity contribution in [1.82, 2.24) is 25.5 Å². The summed E-state index contributed by atoms with van der Waals surface area (Å²) in [6, 6.07) is 3.96. The van der Waals surface area contributed by atoms with Crippen LogP contribution in [0.25, 0.3) is 0 Å². The lowest BCUT2D eigenvalue weighted by molar-refractivity contribution is -0.131. The maximum Gasteiger partial charge on any atom is 0.225 e. The predicted octanol–water partition coefficient (Wildman–Crippen LogP) is 2.16. The van der Waals surface area contributed by atoms with Gasteiger partial charge in [0.15, 0.2) is 5.96 Å². The van der Waals surface area contributed by atoms with Gasteiger partial charge in [0.2, 0.25) is 11.9 Å². The topological polar surface area (TPSA) is 85.8 Å². The van der Waals surface area contributed by atoms with Crippen molar-refractivity contribution < 1.29 is 4.79 Å². The largest absolute Gasteiger partial charge is 0.356 e. The summed E-state index contributed by atoms with van der Waals surface area (Å²) in [5.74, 6) is 2.03. The minimum Gasteiger partial charge on any atom is -0.356 e. The lowest BCUT2D eigenvalue weighted by Gasteiger charge is -2.34. The third kappa shape index (κ3) is 7.08. The number of aromatic nitrogens is 2. The highest BCUT2D eigenvalue weighted by atomic mass is 127. The molecule has 164 valence electrons. The van der Waals surface area contributed by atoms with Crippen molar-refractivity contribution in [3.8, 4) is 0 Å². The fourth-order valence-corrected chi connectivity index (χ4v) is 3.98. The molecule has 1 saturated heterocycles. The third-order valence-electron chi connectivity index (χ3n) is 5.01. The van der Waals surface area contributed by atoms with E-state index in [0.717, 1.165) is 31.5 Å². The normalized spacial score (nSPS) is 15.3. The number of guanidine groups is 1. The van der Waals surface area contributed by atoms with Gasteiger partial charge in [0.25, 0.3) is 0 Å². The average molecular weight is 543 g/mol. The van der Waals surface area contributed by atoms with Gasteiger partial charge in [-0.3, -0.25) is 9.79 Å². The van der Waals surface area contributed by atoms with Gasteiger partial charge in [-0.1, -0.05) is 6.92 Å². The monoisotopic (exact) mass is 543 g/mol. The molecule has 0 saturated carbocycles. The molecule has 0 radical (unpaired) electrons. The van der Waals surface area contributed by atoms with Gasteiger partial charge in [-0.25, -0.2) is 9.97 Å². The van der Waals surface area contributed by atoms with E-state index in [-0.39, 0.29) is 29.9 Å². The maximum atomic E-state index is 12.5. The van der Waals surface area contributed by atoms with Crippen molar-refractivity contribution in [2.24, 2.45) is 4.99 Å². The molecule has 0 bridgehead atoms. The first-order valence-corrected chi connectivity index (χ1v) is 10.9. The zero-order chi connectivity index (χ0) is 20.5. The summed E-state index contributed by atoms with van der Waals surface area (Å²) < 4.78 is 0. The van der Waals surface area contributed by atoms with Crippen LogP contribution in [0.3, 0.4) is 0 Å². The van der Waals surface area contributed by atoms with Crippen LogP contribution < -0.4 is 15.5 Å². The standard InChI is InChI=1S/C20H29N7OS.HI/c1-16(17-5-13-29-15-17)14-25-19(21-2)22-8-4-18(28)26-9-11-27(12-10-26)20-23-6-3-7-24-20;/h3,5-7,13,15-16H,4,8-12,14H2,1-2H3,(H2,21,22,25);1H. The number of nitrogens with one attached hydrogen (secondary N) is 2. The highest BCUT2D eigenvalue weighted by Gasteiger charge is 2.22. The Labute approximate surface area is 199 Å². The fraction of sp³-hybridized carbons (Fsp3) is 0.500. The van der Waals surface area contributed by atoms with Crippen LogP contribution in [0, 0.1) is 0 Å². The van der Waals surface area contributed by atoms with Crippen LogP contribution in [-0.4, -0.2) is 73.1 Å². The molecule has 10 heteroatoms. The van der Waals surface area contributed by atoms with Crippen LogP contribution in [0.1, 0.15) is 24.8 Å². The van der Waals surface area contributed by atoms with Gasteiger partial charge in [-0.15, -0.1) is 24.0 Å². The second kappa shape index (κ2) is 12.7. The Morgan fingerprint density at radius 2 is 1.97 bits per heavy atom. The Morgan fingerprint density at radius 3 is 2.60 bits per heavy atom. The molecule has 3 rings (SSSR count). The summed E-state index contributed by atoms with van der Waals surface area (Å²) in [5, 5.41) is 10.8. The maximum absolute atomic E-state index is 12.5. The van der Waals surface area contributed by atoms with Crippen LogP contribution in [0.2, 0.25) is 0 Å². The molecule has 0 spiro atoms. The number of aliphatic imine (C=N–C) groups is 1. The van der Waals surface area contributed by atoms with Crippen molar-refractivity contribution >= 4 is 53.1 Å². The first kappa shape index (κ1) is 24.3. The van der Waals surface area contributed by atoms with Crippen LogP contribution in [0.15, 0.2) is 40.3 Å². The molecule has 1 unspecified atom stereocenters. The van der Waals surface area contributed by atoms with Gasteiger partial charge >= 0.3 is 0 Å². The molecule has 3 heterocycles. The van der Waals surface area contributed by atoms with E-state index in [0.29, 0.717) is 32.0 Å². The molecule has 0 aliphatic carbocycles. The van der Waals surface area contributed by atoms with E-state index in [1.807, 2.05) is 11.0 Å². The number of anilines is 1. The first-order chi connectivity index (χ1) is 14.2. The zero-order valence-corrected chi connectivity index (χ0v) is 20.6. The molecule has 1 aliphatic heterocycles. The Morgan fingerprint density at radius 1 is 1.23 bits per heavy atom. The SMILES string of the molecule is CN=C(NCCC(=O)N1CCN(c2ncccn2)CC1)NCC(C)c1ccsc1.I. The zero-order valence-electron chi connectivity index (χ0n) is 17.5. The molecule has 8 nitrogen and oxygen atoms in total. The molecule has 2 aromatic heterocycles. The van der Waals surface area contributed by atoms with Crippen molar-refractivity contribution in [1.29, 1.82) is 0 Å². The second-order valence-corrected chi connectivity index (χ2v) is 7.78. The summed E-state index contributed by atoms with van der Waals surface area (Å²) >= 11 is 1.71. The van der Waals surface area contributed by atoms with Crippen molar-refractivity contribution in [2.75, 3.05) is 51.2 Å². The molecular formula is C20H30IN7OS. The molecular weight excluding hydrogens is 513 g/mol. The average Bonchev–Trinajstić information content (AvgIpc) is 3.31. The number of nitrogens with zero attached hydrogens (tertiary/aromatic N) is 5. The Kier molecular flexibility index (Phi) is 10.3. The van der Waals surface area contributed by atoms with Crippen molar-refractivity contribution in [2.45, 2.75) is 19.3 Å². The second-order valence-electron chi connectivity index (χ2n) is 7.00. The van der Waals surface area contributed by atoms with Gasteiger partial charge < -0.3 is 20.4 Å². The van der Waals surface area contributed by atoms with E-state index in [9.17, 15) is 4.79 Å². The molecule has 2 N–H and O–H groups in total. The summed E-state index contributed by atoms with van der Waals surface area (Å²) in [7, 11) is 1.75. The quantitative estimate of drug-likeness (QED) is 0.317. The van der Waals surface area contributed by atoms with Crippen LogP contribution in [0.5, 0.6) is 0 Å². The van der Waals surface area contributed by atoms with E-state index in [1.54, 1.807) is 30.8 Å². The molecule has 0 aromatic carbocycles.